The minimum atomic E-state index is -1.94. The third-order valence-corrected chi connectivity index (χ3v) is 23.4. The van der Waals surface area contributed by atoms with Crippen LogP contribution in [0.25, 0.3) is 0 Å². The van der Waals surface area contributed by atoms with Crippen molar-refractivity contribution in [3.8, 4) is 0 Å². The molecular formula is C96H164BF4N. The Morgan fingerprint density at radius 3 is 0.392 bits per heavy atom. The SMILES string of the molecule is CCCCCCCCCCCCCCCCCC[N+](CCCCCCCCCCCCCCCCCC)(CCCCCCCCCCCCCCCCCC)CCCCCCCCCCCCCCCCCC.Fc1ccc([B-](c2ccc(F)cc2)(c2ccc(F)cc2)c2ccc(F)cc2)cc1. The van der Waals surface area contributed by atoms with Gasteiger partial charge in [0, 0.05) is 0 Å². The maximum absolute atomic E-state index is 13.7. The largest absolute Gasteiger partial charge is 0.324 e. The van der Waals surface area contributed by atoms with Crippen LogP contribution in [0.2, 0.25) is 0 Å². The van der Waals surface area contributed by atoms with Crippen molar-refractivity contribution in [2.45, 2.75) is 439 Å². The topological polar surface area (TPSA) is 0 Å². The maximum Gasteiger partial charge on any atom is 0.122 e. The lowest BCUT2D eigenvalue weighted by Crippen LogP contribution is -2.74. The van der Waals surface area contributed by atoms with E-state index in [1.807, 2.05) is 0 Å². The normalized spacial score (nSPS) is 11.8. The predicted molar refractivity (Wildman–Crippen MR) is 448 cm³/mol. The lowest BCUT2D eigenvalue weighted by atomic mass is 9.13. The molecule has 4 aromatic carbocycles. The number of rotatable bonds is 72. The maximum atomic E-state index is 13.7. The first kappa shape index (κ1) is 92.8. The third-order valence-electron chi connectivity index (χ3n) is 23.4. The van der Waals surface area contributed by atoms with Gasteiger partial charge in [0.05, 0.1) is 26.2 Å². The van der Waals surface area contributed by atoms with Crippen LogP contribution >= 0.6 is 0 Å². The number of nitrogens with zero attached hydrogens (tertiary/aromatic N) is 1. The summed E-state index contributed by atoms with van der Waals surface area (Å²) < 4.78 is 56.3. The zero-order chi connectivity index (χ0) is 73.0. The van der Waals surface area contributed by atoms with Gasteiger partial charge in [-0.25, -0.2) is 17.6 Å². The predicted octanol–water partition coefficient (Wildman–Crippen LogP) is 30.5. The van der Waals surface area contributed by atoms with Crippen LogP contribution in [0.15, 0.2) is 97.1 Å². The molecular weight excluding hydrogens is 1250 g/mol. The van der Waals surface area contributed by atoms with Gasteiger partial charge in [-0.1, -0.05) is 436 Å². The first-order valence-electron chi connectivity index (χ1n) is 45.3. The van der Waals surface area contributed by atoms with E-state index >= 15 is 0 Å². The number of quaternary nitrogens is 1. The second-order valence-corrected chi connectivity index (χ2v) is 32.5. The molecule has 0 atom stereocenters. The second kappa shape index (κ2) is 67.0. The molecule has 0 saturated carbocycles. The van der Waals surface area contributed by atoms with Crippen LogP contribution in [-0.2, 0) is 0 Å². The number of unbranched alkanes of at least 4 members (excludes halogenated alkanes) is 60. The van der Waals surface area contributed by atoms with Crippen molar-refractivity contribution < 1.29 is 22.0 Å². The molecule has 0 unspecified atom stereocenters. The Bertz CT molecular complexity index is 2030. The molecule has 6 heteroatoms. The highest BCUT2D eigenvalue weighted by atomic mass is 19.1. The summed E-state index contributed by atoms with van der Waals surface area (Å²) in [7, 11) is 0. The fraction of sp³-hybridized carbons (Fsp3) is 0.750. The van der Waals surface area contributed by atoms with Gasteiger partial charge in [-0.15, -0.1) is 0 Å². The zero-order valence-electron chi connectivity index (χ0n) is 67.9. The van der Waals surface area contributed by atoms with E-state index in [4.69, 9.17) is 0 Å². The minimum Gasteiger partial charge on any atom is -0.324 e. The number of halogens is 4. The fourth-order valence-electron chi connectivity index (χ4n) is 16.8. The Morgan fingerprint density at radius 2 is 0.275 bits per heavy atom. The van der Waals surface area contributed by atoms with Gasteiger partial charge >= 0.3 is 0 Å². The van der Waals surface area contributed by atoms with E-state index in [-0.39, 0.29) is 0 Å². The van der Waals surface area contributed by atoms with Gasteiger partial charge < -0.3 is 4.48 Å². The van der Waals surface area contributed by atoms with Crippen molar-refractivity contribution in [3.63, 3.8) is 0 Å². The van der Waals surface area contributed by atoms with Crippen molar-refractivity contribution in [2.24, 2.45) is 0 Å². The first-order valence-corrected chi connectivity index (χ1v) is 45.3. The minimum absolute atomic E-state index is 0.393. The molecule has 0 radical (unpaired) electrons. The molecule has 0 bridgehead atoms. The fourth-order valence-corrected chi connectivity index (χ4v) is 16.8. The van der Waals surface area contributed by atoms with E-state index in [1.54, 1.807) is 48.5 Å². The molecule has 0 N–H and O–H groups in total. The molecule has 102 heavy (non-hydrogen) atoms. The molecule has 4 aromatic rings. The number of hydrogen-bond acceptors (Lipinski definition) is 0. The molecule has 0 fully saturated rings. The molecule has 0 aliphatic heterocycles. The molecule has 584 valence electrons. The Labute approximate surface area is 631 Å². The van der Waals surface area contributed by atoms with Gasteiger partial charge in [0.1, 0.15) is 29.4 Å². The van der Waals surface area contributed by atoms with Gasteiger partial charge in [0.25, 0.3) is 0 Å². The van der Waals surface area contributed by atoms with E-state index in [0.29, 0.717) is 0 Å². The zero-order valence-corrected chi connectivity index (χ0v) is 67.9. The summed E-state index contributed by atoms with van der Waals surface area (Å²) in [6.07, 6.45) is 92.8. The van der Waals surface area contributed by atoms with Crippen LogP contribution in [0.5, 0.6) is 0 Å². The number of hydrogen-bond donors (Lipinski definition) is 0. The Balaban J connectivity index is 0.000000759. The van der Waals surface area contributed by atoms with Crippen LogP contribution in [-0.4, -0.2) is 36.8 Å². The van der Waals surface area contributed by atoms with Gasteiger partial charge in [0.15, 0.2) is 0 Å². The van der Waals surface area contributed by atoms with Gasteiger partial charge in [-0.2, -0.15) is 21.9 Å². The van der Waals surface area contributed by atoms with E-state index in [1.165, 1.54) is 490 Å². The van der Waals surface area contributed by atoms with Crippen molar-refractivity contribution in [1.82, 2.24) is 0 Å². The first-order chi connectivity index (χ1) is 50.2. The average Bonchev–Trinajstić information content (AvgIpc) is 0.736. The van der Waals surface area contributed by atoms with Crippen LogP contribution in [0.1, 0.15) is 439 Å². The highest BCUT2D eigenvalue weighted by molar-refractivity contribution is 7.19. The number of benzene rings is 4. The molecule has 0 aromatic heterocycles. The summed E-state index contributed by atoms with van der Waals surface area (Å²) in [4.78, 5) is 0. The highest BCUT2D eigenvalue weighted by Gasteiger charge is 2.32. The third kappa shape index (κ3) is 47.3. The van der Waals surface area contributed by atoms with Crippen molar-refractivity contribution in [3.05, 3.63) is 120 Å². The Kier molecular flexibility index (Phi) is 61.0. The van der Waals surface area contributed by atoms with Crippen molar-refractivity contribution >= 4 is 28.0 Å². The van der Waals surface area contributed by atoms with E-state index in [2.05, 4.69) is 27.7 Å². The smallest absolute Gasteiger partial charge is 0.122 e. The summed E-state index contributed by atoms with van der Waals surface area (Å²) in [6, 6.07) is 24.1. The van der Waals surface area contributed by atoms with E-state index in [9.17, 15) is 17.6 Å². The van der Waals surface area contributed by atoms with Crippen LogP contribution in [0, 0.1) is 23.3 Å². The summed E-state index contributed by atoms with van der Waals surface area (Å²) in [5.74, 6) is -1.57. The molecule has 0 aliphatic rings. The molecule has 0 amide bonds. The molecule has 4 rings (SSSR count). The monoisotopic (exact) mass is 1420 g/mol. The van der Waals surface area contributed by atoms with Crippen LogP contribution in [0.3, 0.4) is 0 Å². The van der Waals surface area contributed by atoms with Crippen molar-refractivity contribution in [1.29, 1.82) is 0 Å². The van der Waals surface area contributed by atoms with Gasteiger partial charge in [-0.05, 0) is 99.9 Å². The molecule has 0 aliphatic carbocycles. The Hall–Kier alpha value is -3.38. The summed E-state index contributed by atoms with van der Waals surface area (Å²) in [5, 5.41) is 0. The lowest BCUT2D eigenvalue weighted by Gasteiger charge is -2.44. The van der Waals surface area contributed by atoms with E-state index < -0.39 is 29.4 Å². The molecule has 0 saturated heterocycles. The molecule has 0 heterocycles. The summed E-state index contributed by atoms with van der Waals surface area (Å²) in [6.45, 7) is 15.3. The summed E-state index contributed by atoms with van der Waals surface area (Å²) in [5.41, 5.74) is 2.99. The average molecular weight is 1420 g/mol. The highest BCUT2D eigenvalue weighted by Crippen LogP contribution is 2.24. The standard InChI is InChI=1S/C72H148N.C24H16BF4/c1-5-9-13-17-21-25-29-33-37-41-45-49-53-57-61-65-69-73(70-66-62-58-54-50-46-42-38-34-30-26-22-18-14-10-6-2,71-67-63-59-55-51-47-43-39-35-31-27-23-19-15-11-7-3)72-68-64-60-56-52-48-44-40-36-32-28-24-20-16-12-8-4;26-21-9-1-17(2-10-21)25(18-3-11-22(27)12-4-18,19-5-13-23(28)14-6-19)20-7-15-24(29)16-8-20/h5-72H2,1-4H3;1-16H/q+1;-1. The van der Waals surface area contributed by atoms with Crippen LogP contribution < -0.4 is 21.9 Å². The summed E-state index contributed by atoms with van der Waals surface area (Å²) >= 11 is 0. The van der Waals surface area contributed by atoms with Gasteiger partial charge in [-0.3, -0.25) is 0 Å². The van der Waals surface area contributed by atoms with Crippen LogP contribution in [0.4, 0.5) is 17.6 Å². The second-order valence-electron chi connectivity index (χ2n) is 32.5. The van der Waals surface area contributed by atoms with Crippen molar-refractivity contribution in [2.75, 3.05) is 26.2 Å². The Morgan fingerprint density at radius 1 is 0.167 bits per heavy atom. The molecule has 1 nitrogen and oxygen atoms in total. The van der Waals surface area contributed by atoms with Gasteiger partial charge in [0.2, 0.25) is 0 Å². The quantitative estimate of drug-likeness (QED) is 0.0179. The lowest BCUT2D eigenvalue weighted by molar-refractivity contribution is -0.929. The van der Waals surface area contributed by atoms with E-state index in [0.717, 1.165) is 21.9 Å². The molecule has 0 spiro atoms.